The summed E-state index contributed by atoms with van der Waals surface area (Å²) in [5.41, 5.74) is -0.988. The van der Waals surface area contributed by atoms with Crippen LogP contribution in [0, 0.1) is 6.92 Å². The summed E-state index contributed by atoms with van der Waals surface area (Å²) >= 11 is 1.02. The number of phenols is 1. The molecule has 2 bridgehead atoms. The van der Waals surface area contributed by atoms with E-state index in [-0.39, 0.29) is 17.4 Å². The van der Waals surface area contributed by atoms with E-state index >= 15 is 4.39 Å². The molecule has 4 atom stereocenters. The number of ether oxygens (including phenoxy) is 1. The lowest BCUT2D eigenvalue weighted by Crippen LogP contribution is -2.65. The number of rotatable bonds is 4. The van der Waals surface area contributed by atoms with E-state index in [0.717, 1.165) is 17.0 Å². The second kappa shape index (κ2) is 6.92. The molecule has 0 aliphatic carbocycles. The van der Waals surface area contributed by atoms with Crippen LogP contribution in [0.25, 0.3) is 16.3 Å². The number of halogens is 3. The molecule has 3 aromatic rings. The summed E-state index contributed by atoms with van der Waals surface area (Å²) in [6.07, 6.45) is -1.73. The maximum atomic E-state index is 15.1. The maximum Gasteiger partial charge on any atom is 0.294 e. The van der Waals surface area contributed by atoms with Gasteiger partial charge in [0, 0.05) is 25.1 Å². The zero-order chi connectivity index (χ0) is 22.9. The molecule has 2 saturated heterocycles. The lowest BCUT2D eigenvalue weighted by Gasteiger charge is -2.43. The molecule has 11 heteroatoms. The number of piperidine rings is 1. The SMILES string of the molecule is Cc1ccn(-c2ccc(-c3nnc(OC4CC5(C)NC(C)(CC5(F)F)C4F)s3)c(O)c2)n1. The molecular formula is C21H22F3N5O2S. The smallest absolute Gasteiger partial charge is 0.294 e. The van der Waals surface area contributed by atoms with Gasteiger partial charge in [0.2, 0.25) is 0 Å². The molecule has 2 aliphatic rings. The second-order valence-electron chi connectivity index (χ2n) is 8.99. The lowest BCUT2D eigenvalue weighted by atomic mass is 9.84. The van der Waals surface area contributed by atoms with E-state index in [0.29, 0.717) is 16.3 Å². The predicted molar refractivity (Wildman–Crippen MR) is 112 cm³/mol. The van der Waals surface area contributed by atoms with Gasteiger partial charge in [-0.25, -0.2) is 17.9 Å². The van der Waals surface area contributed by atoms with Crippen LogP contribution in [-0.2, 0) is 0 Å². The van der Waals surface area contributed by atoms with Crippen LogP contribution < -0.4 is 10.1 Å². The number of alkyl halides is 3. The standard InChI is InChI=1S/C21H22F3N5O2S/c1-11-6-7-29(27-11)12-4-5-13(14(30)8-12)17-25-26-18(32-17)31-15-9-20(3)21(23,24)10-19(2,28-20)16(15)22/h4-8,15-16,28,30H,9-10H2,1-3H3. The number of aromatic hydroxyl groups is 1. The van der Waals surface area contributed by atoms with Gasteiger partial charge in [-0.05, 0) is 39.0 Å². The van der Waals surface area contributed by atoms with E-state index in [9.17, 15) is 13.9 Å². The van der Waals surface area contributed by atoms with Gasteiger partial charge in [0.25, 0.3) is 11.1 Å². The van der Waals surface area contributed by atoms with Crippen molar-refractivity contribution < 1.29 is 23.0 Å². The summed E-state index contributed by atoms with van der Waals surface area (Å²) in [5.74, 6) is -3.07. The van der Waals surface area contributed by atoms with Gasteiger partial charge in [-0.2, -0.15) is 5.10 Å². The fraction of sp³-hybridized carbons (Fsp3) is 0.476. The van der Waals surface area contributed by atoms with Crippen LogP contribution in [-0.4, -0.2) is 54.4 Å². The van der Waals surface area contributed by atoms with Gasteiger partial charge in [-0.1, -0.05) is 16.4 Å². The fourth-order valence-electron chi connectivity index (χ4n) is 4.70. The quantitative estimate of drug-likeness (QED) is 0.605. The molecule has 7 nitrogen and oxygen atoms in total. The summed E-state index contributed by atoms with van der Waals surface area (Å²) < 4.78 is 51.5. The van der Waals surface area contributed by atoms with E-state index < -0.39 is 35.7 Å². The van der Waals surface area contributed by atoms with Crippen molar-refractivity contribution in [2.45, 2.75) is 62.9 Å². The molecule has 0 saturated carbocycles. The van der Waals surface area contributed by atoms with Gasteiger partial charge in [0.15, 0.2) is 11.2 Å². The summed E-state index contributed by atoms with van der Waals surface area (Å²) in [4.78, 5) is 0. The third-order valence-electron chi connectivity index (χ3n) is 6.36. The van der Waals surface area contributed by atoms with Crippen molar-refractivity contribution in [3.63, 3.8) is 0 Å². The van der Waals surface area contributed by atoms with Gasteiger partial charge >= 0.3 is 0 Å². The predicted octanol–water partition coefficient (Wildman–Crippen LogP) is 4.04. The molecule has 0 amide bonds. The lowest BCUT2D eigenvalue weighted by molar-refractivity contribution is -0.0728. The van der Waals surface area contributed by atoms with Gasteiger partial charge in [0.1, 0.15) is 11.9 Å². The van der Waals surface area contributed by atoms with E-state index in [1.165, 1.54) is 13.8 Å². The summed E-state index contributed by atoms with van der Waals surface area (Å²) in [7, 11) is 0. The Morgan fingerprint density at radius 2 is 2.03 bits per heavy atom. The third kappa shape index (κ3) is 3.25. The number of benzene rings is 1. The topological polar surface area (TPSA) is 85.1 Å². The number of nitrogens with one attached hydrogen (secondary N) is 1. The highest BCUT2D eigenvalue weighted by Crippen LogP contribution is 2.53. The van der Waals surface area contributed by atoms with Crippen molar-refractivity contribution >= 4 is 11.3 Å². The molecule has 32 heavy (non-hydrogen) atoms. The zero-order valence-electron chi connectivity index (χ0n) is 17.6. The normalized spacial score (nSPS) is 31.1. The summed E-state index contributed by atoms with van der Waals surface area (Å²) in [5, 5.41) is 26.0. The van der Waals surface area contributed by atoms with E-state index in [1.54, 1.807) is 29.1 Å². The average Bonchev–Trinajstić information content (AvgIpc) is 3.37. The van der Waals surface area contributed by atoms with Crippen molar-refractivity contribution in [2.75, 3.05) is 0 Å². The van der Waals surface area contributed by atoms with Crippen molar-refractivity contribution in [2.24, 2.45) is 0 Å². The molecule has 2 fully saturated rings. The van der Waals surface area contributed by atoms with E-state index in [4.69, 9.17) is 4.74 Å². The molecule has 2 aromatic heterocycles. The molecule has 2 aliphatic heterocycles. The highest BCUT2D eigenvalue weighted by molar-refractivity contribution is 7.16. The van der Waals surface area contributed by atoms with Crippen LogP contribution in [0.15, 0.2) is 30.5 Å². The Morgan fingerprint density at radius 3 is 2.72 bits per heavy atom. The number of hydrogen-bond acceptors (Lipinski definition) is 7. The van der Waals surface area contributed by atoms with Crippen molar-refractivity contribution in [1.29, 1.82) is 0 Å². The average molecular weight is 466 g/mol. The molecule has 4 heterocycles. The molecule has 2 N–H and O–H groups in total. The van der Waals surface area contributed by atoms with Gasteiger partial charge in [0.05, 0.1) is 28.0 Å². The number of aromatic nitrogens is 4. The molecule has 5 rings (SSSR count). The molecule has 0 spiro atoms. The number of hydrogen-bond donors (Lipinski definition) is 2. The van der Waals surface area contributed by atoms with Crippen LogP contribution in [0.5, 0.6) is 10.9 Å². The highest BCUT2D eigenvalue weighted by atomic mass is 32.1. The highest BCUT2D eigenvalue weighted by Gasteiger charge is 2.69. The van der Waals surface area contributed by atoms with E-state index in [2.05, 4.69) is 20.6 Å². The Bertz CT molecular complexity index is 1180. The maximum absolute atomic E-state index is 15.1. The van der Waals surface area contributed by atoms with Crippen LogP contribution in [0.4, 0.5) is 13.2 Å². The Kier molecular flexibility index (Phi) is 4.58. The van der Waals surface area contributed by atoms with Crippen LogP contribution in [0.1, 0.15) is 32.4 Å². The number of nitrogens with zero attached hydrogens (tertiary/aromatic N) is 4. The van der Waals surface area contributed by atoms with Gasteiger partial charge in [-0.3, -0.25) is 5.32 Å². The van der Waals surface area contributed by atoms with Crippen molar-refractivity contribution in [1.82, 2.24) is 25.3 Å². The number of fused-ring (bicyclic) bond motifs is 2. The number of phenolic OH excluding ortho intramolecular Hbond substituents is 1. The van der Waals surface area contributed by atoms with Crippen LogP contribution in [0.3, 0.4) is 0 Å². The molecular weight excluding hydrogens is 443 g/mol. The van der Waals surface area contributed by atoms with Crippen LogP contribution in [0.2, 0.25) is 0 Å². The molecule has 1 aromatic carbocycles. The first-order chi connectivity index (χ1) is 15.0. The summed E-state index contributed by atoms with van der Waals surface area (Å²) in [6.45, 7) is 4.72. The minimum Gasteiger partial charge on any atom is -0.507 e. The van der Waals surface area contributed by atoms with Gasteiger partial charge < -0.3 is 9.84 Å². The minimum atomic E-state index is -3.04. The first-order valence-corrected chi connectivity index (χ1v) is 11.0. The molecule has 170 valence electrons. The Hall–Kier alpha value is -2.66. The first kappa shape index (κ1) is 21.2. The zero-order valence-corrected chi connectivity index (χ0v) is 18.5. The van der Waals surface area contributed by atoms with Crippen molar-refractivity contribution in [3.8, 4) is 27.2 Å². The Morgan fingerprint density at radius 1 is 1.25 bits per heavy atom. The minimum absolute atomic E-state index is 0.0266. The van der Waals surface area contributed by atoms with E-state index in [1.807, 2.05) is 13.0 Å². The molecule has 0 radical (unpaired) electrons. The number of aryl methyl sites for hydroxylation is 1. The van der Waals surface area contributed by atoms with Crippen LogP contribution >= 0.6 is 11.3 Å². The Labute approximate surface area is 186 Å². The first-order valence-electron chi connectivity index (χ1n) is 10.2. The molecule has 4 unspecified atom stereocenters. The van der Waals surface area contributed by atoms with Gasteiger partial charge in [-0.15, -0.1) is 5.10 Å². The largest absolute Gasteiger partial charge is 0.507 e. The Balaban J connectivity index is 1.37. The summed E-state index contributed by atoms with van der Waals surface area (Å²) in [6, 6.07) is 6.85. The fourth-order valence-corrected chi connectivity index (χ4v) is 5.49. The second-order valence-corrected chi connectivity index (χ2v) is 9.93. The van der Waals surface area contributed by atoms with Crippen molar-refractivity contribution in [3.05, 3.63) is 36.2 Å². The third-order valence-corrected chi connectivity index (χ3v) is 7.21. The monoisotopic (exact) mass is 465 g/mol.